The van der Waals surface area contributed by atoms with E-state index in [1.165, 1.54) is 5.56 Å². The lowest BCUT2D eigenvalue weighted by Gasteiger charge is -2.60. The summed E-state index contributed by atoms with van der Waals surface area (Å²) < 4.78 is 11.5. The van der Waals surface area contributed by atoms with E-state index in [-0.39, 0.29) is 17.4 Å². The monoisotopic (exact) mass is 485 g/mol. The second kappa shape index (κ2) is 9.47. The highest BCUT2D eigenvalue weighted by Gasteiger charge is 2.54. The molecular formula is C29H31N3O4. The number of hydrogen-bond donors (Lipinski definition) is 1. The predicted octanol–water partition coefficient (Wildman–Crippen LogP) is 4.43. The summed E-state index contributed by atoms with van der Waals surface area (Å²) in [5.41, 5.74) is 2.87. The van der Waals surface area contributed by atoms with E-state index in [0.29, 0.717) is 55.7 Å². The van der Waals surface area contributed by atoms with Crippen molar-refractivity contribution in [1.82, 2.24) is 14.8 Å². The molecule has 186 valence electrons. The van der Waals surface area contributed by atoms with E-state index in [9.17, 15) is 9.90 Å². The third kappa shape index (κ3) is 4.17. The molecular weight excluding hydrogens is 454 g/mol. The zero-order chi connectivity index (χ0) is 24.5. The lowest BCUT2D eigenvalue weighted by molar-refractivity contribution is -0.113. The fourth-order valence-corrected chi connectivity index (χ4v) is 6.04. The Hall–Kier alpha value is -3.58. The van der Waals surface area contributed by atoms with Gasteiger partial charge in [-0.05, 0) is 48.7 Å². The Morgan fingerprint density at radius 1 is 1.03 bits per heavy atom. The molecule has 0 aliphatic carbocycles. The lowest BCUT2D eigenvalue weighted by atomic mass is 9.63. The maximum Gasteiger partial charge on any atom is 0.253 e. The van der Waals surface area contributed by atoms with Crippen LogP contribution in [0.2, 0.25) is 0 Å². The highest BCUT2D eigenvalue weighted by atomic mass is 16.5. The van der Waals surface area contributed by atoms with Gasteiger partial charge in [-0.1, -0.05) is 24.3 Å². The van der Waals surface area contributed by atoms with Gasteiger partial charge in [0.2, 0.25) is 0 Å². The average Bonchev–Trinajstić information content (AvgIpc) is 3.15. The van der Waals surface area contributed by atoms with E-state index in [4.69, 9.17) is 9.47 Å². The van der Waals surface area contributed by atoms with Crippen LogP contribution < -0.4 is 9.47 Å². The molecule has 3 aliphatic heterocycles. The number of carbonyl (C=O) groups excluding carboxylic acids is 1. The van der Waals surface area contributed by atoms with Gasteiger partial charge in [-0.3, -0.25) is 14.7 Å². The zero-order valence-electron chi connectivity index (χ0n) is 20.3. The minimum absolute atomic E-state index is 0.0452. The van der Waals surface area contributed by atoms with E-state index in [1.54, 1.807) is 12.3 Å². The third-order valence-corrected chi connectivity index (χ3v) is 7.87. The van der Waals surface area contributed by atoms with Crippen molar-refractivity contribution >= 4 is 5.91 Å². The van der Waals surface area contributed by atoms with Gasteiger partial charge in [0.05, 0.1) is 13.2 Å². The molecule has 0 saturated carbocycles. The van der Waals surface area contributed by atoms with Gasteiger partial charge in [-0.25, -0.2) is 0 Å². The number of amides is 1. The summed E-state index contributed by atoms with van der Waals surface area (Å²) in [5.74, 6) is 1.74. The molecule has 4 heterocycles. The van der Waals surface area contributed by atoms with Crippen molar-refractivity contribution in [2.24, 2.45) is 5.41 Å². The Labute approximate surface area is 211 Å². The van der Waals surface area contributed by atoms with Gasteiger partial charge < -0.3 is 19.5 Å². The van der Waals surface area contributed by atoms with Gasteiger partial charge in [-0.15, -0.1) is 0 Å². The van der Waals surface area contributed by atoms with Crippen LogP contribution in [0.5, 0.6) is 17.2 Å². The lowest BCUT2D eigenvalue weighted by Crippen LogP contribution is -2.62. The van der Waals surface area contributed by atoms with Crippen LogP contribution in [0, 0.1) is 5.41 Å². The van der Waals surface area contributed by atoms with Crippen LogP contribution in [-0.2, 0) is 6.54 Å². The Morgan fingerprint density at radius 3 is 2.61 bits per heavy atom. The summed E-state index contributed by atoms with van der Waals surface area (Å²) in [6.45, 7) is 4.29. The van der Waals surface area contributed by atoms with Crippen LogP contribution in [-0.4, -0.2) is 58.6 Å². The molecule has 36 heavy (non-hydrogen) atoms. The molecule has 1 unspecified atom stereocenters. The molecule has 1 N–H and O–H groups in total. The van der Waals surface area contributed by atoms with Crippen molar-refractivity contribution in [3.05, 3.63) is 83.7 Å². The van der Waals surface area contributed by atoms with Crippen LogP contribution in [0.1, 0.15) is 46.8 Å². The summed E-state index contributed by atoms with van der Waals surface area (Å²) in [5, 5.41) is 10.3. The standard InChI is InChI=1S/C29H31N3O4/c33-24-7-2-1-5-23(24)19-32-20-29(27(32)22-6-3-12-30-18-22)10-13-31(14-11-29)28(34)21-8-9-25-26(17-21)36-16-4-15-35-25/h1-3,5-9,12,17-18,27,33H,4,10-11,13-16,19-20H2. The van der Waals surface area contributed by atoms with Crippen molar-refractivity contribution in [3.63, 3.8) is 0 Å². The first-order valence-corrected chi connectivity index (χ1v) is 12.7. The van der Waals surface area contributed by atoms with E-state index >= 15 is 0 Å². The first kappa shape index (κ1) is 22.9. The first-order valence-electron chi connectivity index (χ1n) is 12.7. The molecule has 3 aromatic rings. The van der Waals surface area contributed by atoms with E-state index < -0.39 is 0 Å². The number of piperidine rings is 1. The number of rotatable bonds is 4. The second-order valence-electron chi connectivity index (χ2n) is 10.1. The maximum atomic E-state index is 13.4. The van der Waals surface area contributed by atoms with Gasteiger partial charge in [0.25, 0.3) is 5.91 Å². The molecule has 1 atom stereocenters. The SMILES string of the molecule is O=C(c1ccc2c(c1)OCCCO2)N1CCC2(CC1)CN(Cc1ccccc1O)C2c1cccnc1. The van der Waals surface area contributed by atoms with Gasteiger partial charge in [0.15, 0.2) is 11.5 Å². The molecule has 2 fully saturated rings. The number of benzene rings is 2. The van der Waals surface area contributed by atoms with Crippen LogP contribution in [0.4, 0.5) is 0 Å². The molecule has 0 radical (unpaired) electrons. The van der Waals surface area contributed by atoms with Crippen molar-refractivity contribution in [3.8, 4) is 17.2 Å². The van der Waals surface area contributed by atoms with Crippen LogP contribution in [0.3, 0.4) is 0 Å². The maximum absolute atomic E-state index is 13.4. The van der Waals surface area contributed by atoms with Crippen molar-refractivity contribution in [2.75, 3.05) is 32.8 Å². The van der Waals surface area contributed by atoms with Crippen molar-refractivity contribution in [2.45, 2.75) is 31.8 Å². The topological polar surface area (TPSA) is 75.1 Å². The summed E-state index contributed by atoms with van der Waals surface area (Å²) in [6, 6.07) is 17.4. The third-order valence-electron chi connectivity index (χ3n) is 7.87. The fraction of sp³-hybridized carbons (Fsp3) is 0.379. The number of phenolic OH excluding ortho intramolecular Hbond substituents is 1. The predicted molar refractivity (Wildman–Crippen MR) is 135 cm³/mol. The Morgan fingerprint density at radius 2 is 1.83 bits per heavy atom. The summed E-state index contributed by atoms with van der Waals surface area (Å²) in [6.07, 6.45) is 6.46. The number of nitrogens with zero attached hydrogens (tertiary/aromatic N) is 3. The number of aromatic hydroxyl groups is 1. The number of para-hydroxylation sites is 1. The highest BCUT2D eigenvalue weighted by molar-refractivity contribution is 5.95. The van der Waals surface area contributed by atoms with Crippen LogP contribution in [0.25, 0.3) is 0 Å². The van der Waals surface area contributed by atoms with E-state index in [0.717, 1.165) is 31.4 Å². The van der Waals surface area contributed by atoms with Crippen LogP contribution in [0.15, 0.2) is 67.0 Å². The number of likely N-dealkylation sites (tertiary alicyclic amines) is 2. The summed E-state index contributed by atoms with van der Waals surface area (Å²) >= 11 is 0. The molecule has 0 bridgehead atoms. The normalized spacial score (nSPS) is 21.0. The number of fused-ring (bicyclic) bond motifs is 1. The minimum Gasteiger partial charge on any atom is -0.508 e. The summed E-state index contributed by atoms with van der Waals surface area (Å²) in [7, 11) is 0. The smallest absolute Gasteiger partial charge is 0.253 e. The van der Waals surface area contributed by atoms with Gasteiger partial charge in [0, 0.05) is 67.6 Å². The molecule has 7 nitrogen and oxygen atoms in total. The minimum atomic E-state index is 0.0452. The Kier molecular flexibility index (Phi) is 6.01. The van der Waals surface area contributed by atoms with Gasteiger partial charge >= 0.3 is 0 Å². The first-order chi connectivity index (χ1) is 17.6. The molecule has 7 heteroatoms. The van der Waals surface area contributed by atoms with Crippen molar-refractivity contribution in [1.29, 1.82) is 0 Å². The number of ether oxygens (including phenoxy) is 2. The number of carbonyl (C=O) groups is 1. The van der Waals surface area contributed by atoms with Gasteiger partial charge in [0.1, 0.15) is 5.75 Å². The van der Waals surface area contributed by atoms with E-state index in [1.807, 2.05) is 53.6 Å². The number of aromatic nitrogens is 1. The van der Waals surface area contributed by atoms with Crippen LogP contribution >= 0.6 is 0 Å². The molecule has 1 aromatic heterocycles. The Balaban J connectivity index is 1.18. The number of phenols is 1. The zero-order valence-corrected chi connectivity index (χ0v) is 20.3. The van der Waals surface area contributed by atoms with Gasteiger partial charge in [-0.2, -0.15) is 0 Å². The largest absolute Gasteiger partial charge is 0.508 e. The molecule has 1 spiro atoms. The molecule has 2 saturated heterocycles. The Bertz CT molecular complexity index is 1240. The second-order valence-corrected chi connectivity index (χ2v) is 10.1. The highest BCUT2D eigenvalue weighted by Crippen LogP contribution is 2.55. The molecule has 1 amide bonds. The number of pyridine rings is 1. The fourth-order valence-electron chi connectivity index (χ4n) is 6.04. The average molecular weight is 486 g/mol. The molecule has 3 aliphatic rings. The van der Waals surface area contributed by atoms with E-state index in [2.05, 4.69) is 16.0 Å². The molecule has 6 rings (SSSR count). The van der Waals surface area contributed by atoms with Crippen molar-refractivity contribution < 1.29 is 19.4 Å². The number of hydrogen-bond acceptors (Lipinski definition) is 6. The molecule has 2 aromatic carbocycles. The summed E-state index contributed by atoms with van der Waals surface area (Å²) in [4.78, 5) is 22.1. The quantitative estimate of drug-likeness (QED) is 0.589.